The first-order valence-corrected chi connectivity index (χ1v) is 6.08. The zero-order valence-corrected chi connectivity index (χ0v) is 9.86. The number of allylic oxidation sites excluding steroid dienone is 2. The number of amides is 1. The van der Waals surface area contributed by atoms with Crippen LogP contribution in [0.2, 0.25) is 0 Å². The Labute approximate surface area is 102 Å². The van der Waals surface area contributed by atoms with Gasteiger partial charge in [0.25, 0.3) is 0 Å². The zero-order chi connectivity index (χ0) is 12.4. The van der Waals surface area contributed by atoms with Gasteiger partial charge < -0.3 is 10.8 Å². The van der Waals surface area contributed by atoms with Crippen molar-refractivity contribution in [3.63, 3.8) is 0 Å². The normalized spacial score (nSPS) is 25.7. The average molecular weight is 235 g/mol. The van der Waals surface area contributed by atoms with Gasteiger partial charge in [-0.15, -0.1) is 0 Å². The van der Waals surface area contributed by atoms with Crippen LogP contribution in [0.25, 0.3) is 0 Å². The second-order valence-corrected chi connectivity index (χ2v) is 4.86. The Morgan fingerprint density at radius 2 is 1.76 bits per heavy atom. The fourth-order valence-electron chi connectivity index (χ4n) is 2.49. The summed E-state index contributed by atoms with van der Waals surface area (Å²) in [5.41, 5.74) is 3.41. The Hall–Kier alpha value is -1.13. The van der Waals surface area contributed by atoms with Crippen LogP contribution in [0.15, 0.2) is 24.3 Å². The van der Waals surface area contributed by atoms with Crippen molar-refractivity contribution in [2.24, 2.45) is 5.73 Å². The molecule has 2 rings (SSSR count). The molecule has 1 fully saturated rings. The maximum atomic E-state index is 11.6. The molecule has 4 nitrogen and oxygen atoms in total. The third-order valence-electron chi connectivity index (χ3n) is 3.47. The van der Waals surface area contributed by atoms with Gasteiger partial charge in [-0.1, -0.05) is 30.7 Å². The van der Waals surface area contributed by atoms with Gasteiger partial charge in [-0.3, -0.25) is 10.1 Å². The molecule has 2 aliphatic rings. The summed E-state index contributed by atoms with van der Waals surface area (Å²) in [5.74, 6) is -0.489. The third-order valence-corrected chi connectivity index (χ3v) is 3.47. The van der Waals surface area contributed by atoms with E-state index in [-0.39, 0.29) is 0 Å². The lowest BCUT2D eigenvalue weighted by atomic mass is 9.86. The zero-order valence-electron chi connectivity index (χ0n) is 9.86. The number of carbonyl (C=O) groups is 1. The molecule has 0 aliphatic heterocycles. The molecule has 1 saturated carbocycles. The summed E-state index contributed by atoms with van der Waals surface area (Å²) >= 11 is 0. The predicted octanol–water partition coefficient (Wildman–Crippen LogP) is 0.783. The third kappa shape index (κ3) is 2.58. The monoisotopic (exact) mass is 235 g/mol. The minimum absolute atomic E-state index is 0.489. The number of carbonyl (C=O) groups excluding carboxylic acids is 1. The van der Waals surface area contributed by atoms with E-state index in [1.165, 1.54) is 0 Å². The number of hydrogen-bond acceptors (Lipinski definition) is 3. The smallest absolute Gasteiger partial charge is 0.245 e. The van der Waals surface area contributed by atoms with Crippen LogP contribution in [0.4, 0.5) is 0 Å². The van der Waals surface area contributed by atoms with Crippen LogP contribution < -0.4 is 11.1 Å². The molecule has 4 heteroatoms. The average Bonchev–Trinajstić information content (AvgIpc) is 2.30. The van der Waals surface area contributed by atoms with Gasteiger partial charge in [0.2, 0.25) is 5.91 Å². The number of nitrogens with one attached hydrogen (secondary N) is 1. The van der Waals surface area contributed by atoms with Gasteiger partial charge in [0.05, 0.1) is 0 Å². The number of primary amides is 1. The maximum absolute atomic E-state index is 11.6. The molecule has 17 heavy (non-hydrogen) atoms. The number of nitrogens with two attached hydrogens (primary N) is 1. The van der Waals surface area contributed by atoms with E-state index in [4.69, 9.17) is 5.73 Å². The molecule has 93 valence electrons. The van der Waals surface area contributed by atoms with Gasteiger partial charge in [-0.2, -0.15) is 0 Å². The lowest BCUT2D eigenvalue weighted by molar-refractivity contribution is -0.125. The Bertz CT molecular complexity index is 342. The second kappa shape index (κ2) is 4.63. The van der Waals surface area contributed by atoms with E-state index >= 15 is 0 Å². The van der Waals surface area contributed by atoms with Crippen molar-refractivity contribution >= 4 is 5.91 Å². The molecule has 0 atom stereocenters. The van der Waals surface area contributed by atoms with Crippen molar-refractivity contribution in [3.05, 3.63) is 30.7 Å². The Kier molecular flexibility index (Phi) is 3.35. The summed E-state index contributed by atoms with van der Waals surface area (Å²) in [6.07, 6.45) is 13.1. The highest BCUT2D eigenvalue weighted by molar-refractivity contribution is 5.90. The minimum Gasteiger partial charge on any atom is -0.376 e. The summed E-state index contributed by atoms with van der Waals surface area (Å²) in [6, 6.07) is 0. The highest BCUT2D eigenvalue weighted by Gasteiger charge is 2.41. The van der Waals surface area contributed by atoms with Crippen molar-refractivity contribution in [3.8, 4) is 0 Å². The SMILES string of the molecule is NC(=O)C1(NC2(O)CCCCC2)C=C[CH]C=C1. The minimum atomic E-state index is -1.05. The fourth-order valence-corrected chi connectivity index (χ4v) is 2.49. The fraction of sp³-hybridized carbons (Fsp3) is 0.538. The van der Waals surface area contributed by atoms with Crippen LogP contribution in [-0.2, 0) is 4.79 Å². The van der Waals surface area contributed by atoms with E-state index in [0.717, 1.165) is 19.3 Å². The van der Waals surface area contributed by atoms with Gasteiger partial charge >= 0.3 is 0 Å². The van der Waals surface area contributed by atoms with Gasteiger partial charge in [0, 0.05) is 6.42 Å². The van der Waals surface area contributed by atoms with Gasteiger partial charge in [-0.25, -0.2) is 0 Å². The van der Waals surface area contributed by atoms with Crippen LogP contribution in [0.1, 0.15) is 32.1 Å². The summed E-state index contributed by atoms with van der Waals surface area (Å²) < 4.78 is 0. The van der Waals surface area contributed by atoms with E-state index in [9.17, 15) is 9.90 Å². The molecule has 0 aromatic rings. The van der Waals surface area contributed by atoms with Crippen molar-refractivity contribution in [2.75, 3.05) is 0 Å². The van der Waals surface area contributed by atoms with Crippen LogP contribution in [0.3, 0.4) is 0 Å². The first-order chi connectivity index (χ1) is 8.06. The summed E-state index contributed by atoms with van der Waals surface area (Å²) in [4.78, 5) is 11.6. The maximum Gasteiger partial charge on any atom is 0.245 e. The van der Waals surface area contributed by atoms with Gasteiger partial charge in [-0.05, 0) is 25.7 Å². The van der Waals surface area contributed by atoms with E-state index in [1.807, 2.05) is 6.42 Å². The summed E-state index contributed by atoms with van der Waals surface area (Å²) in [5, 5.41) is 13.5. The topological polar surface area (TPSA) is 75.4 Å². The molecular formula is C13H19N2O2. The van der Waals surface area contributed by atoms with E-state index in [1.54, 1.807) is 24.3 Å². The van der Waals surface area contributed by atoms with E-state index < -0.39 is 17.2 Å². The predicted molar refractivity (Wildman–Crippen MR) is 65.7 cm³/mol. The Morgan fingerprint density at radius 1 is 1.18 bits per heavy atom. The number of aliphatic hydroxyl groups is 1. The van der Waals surface area contributed by atoms with Crippen LogP contribution in [0, 0.1) is 6.42 Å². The molecule has 1 radical (unpaired) electrons. The van der Waals surface area contributed by atoms with Gasteiger partial charge in [0.1, 0.15) is 11.3 Å². The molecule has 0 aromatic heterocycles. The molecule has 0 spiro atoms. The molecular weight excluding hydrogens is 216 g/mol. The molecule has 0 bridgehead atoms. The van der Waals surface area contributed by atoms with Crippen LogP contribution >= 0.6 is 0 Å². The van der Waals surface area contributed by atoms with Gasteiger partial charge in [0.15, 0.2) is 0 Å². The Balaban J connectivity index is 2.18. The molecule has 0 saturated heterocycles. The van der Waals surface area contributed by atoms with Crippen molar-refractivity contribution in [1.82, 2.24) is 5.32 Å². The highest BCUT2D eigenvalue weighted by atomic mass is 16.3. The number of rotatable bonds is 3. The van der Waals surface area contributed by atoms with E-state index in [2.05, 4.69) is 5.32 Å². The molecule has 1 amide bonds. The summed E-state index contributed by atoms with van der Waals surface area (Å²) in [7, 11) is 0. The molecule has 0 unspecified atom stereocenters. The van der Waals surface area contributed by atoms with Crippen molar-refractivity contribution in [2.45, 2.75) is 43.4 Å². The molecule has 4 N–H and O–H groups in total. The summed E-state index contributed by atoms with van der Waals surface area (Å²) in [6.45, 7) is 0. The quantitative estimate of drug-likeness (QED) is 0.633. The van der Waals surface area contributed by atoms with E-state index in [0.29, 0.717) is 12.8 Å². The van der Waals surface area contributed by atoms with Crippen molar-refractivity contribution in [1.29, 1.82) is 0 Å². The lowest BCUT2D eigenvalue weighted by Crippen LogP contribution is -2.63. The number of hydrogen-bond donors (Lipinski definition) is 3. The first-order valence-electron chi connectivity index (χ1n) is 6.08. The first kappa shape index (κ1) is 12.3. The van der Waals surface area contributed by atoms with Crippen LogP contribution in [0.5, 0.6) is 0 Å². The molecule has 0 heterocycles. The molecule has 2 aliphatic carbocycles. The lowest BCUT2D eigenvalue weighted by Gasteiger charge is -2.40. The second-order valence-electron chi connectivity index (χ2n) is 4.86. The van der Waals surface area contributed by atoms with Crippen molar-refractivity contribution < 1.29 is 9.90 Å². The standard InChI is InChI=1S/C13H19N2O2/c14-11(16)12(7-3-1-4-8-12)15-13(17)9-5-2-6-10-13/h1,3-4,7-8,15,17H,2,5-6,9-10H2,(H2,14,16). The molecule has 0 aromatic carbocycles. The Morgan fingerprint density at radius 3 is 2.29 bits per heavy atom. The van der Waals surface area contributed by atoms with Crippen LogP contribution in [-0.4, -0.2) is 22.3 Å². The largest absolute Gasteiger partial charge is 0.376 e. The highest BCUT2D eigenvalue weighted by Crippen LogP contribution is 2.29.